The molecule has 31 heavy (non-hydrogen) atoms. The maximum atomic E-state index is 13.6. The van der Waals surface area contributed by atoms with E-state index in [0.29, 0.717) is 19.6 Å². The molecule has 2 atom stereocenters. The minimum absolute atomic E-state index is 0.000464. The Bertz CT molecular complexity index is 1090. The van der Waals surface area contributed by atoms with Gasteiger partial charge in [-0.3, -0.25) is 9.59 Å². The maximum Gasteiger partial charge on any atom is 0.270 e. The van der Waals surface area contributed by atoms with Crippen LogP contribution < -0.4 is 0 Å². The maximum absolute atomic E-state index is 13.6. The van der Waals surface area contributed by atoms with Gasteiger partial charge in [0.05, 0.1) is 6.04 Å². The number of carbonyl (C=O) groups is 2. The van der Waals surface area contributed by atoms with E-state index in [4.69, 9.17) is 0 Å². The number of benzene rings is 1. The molecule has 1 fully saturated rings. The summed E-state index contributed by atoms with van der Waals surface area (Å²) in [5.41, 5.74) is 1.49. The molecule has 2 amide bonds. The van der Waals surface area contributed by atoms with Crippen molar-refractivity contribution in [3.05, 3.63) is 59.1 Å². The highest BCUT2D eigenvalue weighted by Gasteiger charge is 2.36. The minimum atomic E-state index is -0.412. The van der Waals surface area contributed by atoms with Gasteiger partial charge in [0.2, 0.25) is 5.91 Å². The number of nitrogens with zero attached hydrogens (tertiary/aromatic N) is 3. The molecular formula is C25H31N3O2S. The van der Waals surface area contributed by atoms with Gasteiger partial charge in [-0.2, -0.15) is 0 Å². The fourth-order valence-electron chi connectivity index (χ4n) is 4.41. The summed E-state index contributed by atoms with van der Waals surface area (Å²) in [5, 5.41) is 3.18. The third kappa shape index (κ3) is 4.01. The van der Waals surface area contributed by atoms with Crippen LogP contribution in [0.25, 0.3) is 10.2 Å². The number of hydrogen-bond donors (Lipinski definition) is 0. The van der Waals surface area contributed by atoms with Crippen molar-refractivity contribution in [3.8, 4) is 0 Å². The average molecular weight is 438 g/mol. The van der Waals surface area contributed by atoms with E-state index < -0.39 is 5.41 Å². The zero-order valence-electron chi connectivity index (χ0n) is 19.0. The van der Waals surface area contributed by atoms with Gasteiger partial charge in [0.1, 0.15) is 10.5 Å². The number of amides is 2. The molecule has 3 aromatic rings. The summed E-state index contributed by atoms with van der Waals surface area (Å²) in [6.07, 6.45) is 0. The molecule has 5 nitrogen and oxygen atoms in total. The normalized spacial score (nSPS) is 18.4. The number of rotatable bonds is 3. The Kier molecular flexibility index (Phi) is 5.69. The SMILES string of the molecule is C[C@@H]1CN(C(=O)c2cc3ccsc3n2[C@@H](C)c2ccccc2)CCN1C(=O)C(C)(C)C. The van der Waals surface area contributed by atoms with Crippen LogP contribution in [0.2, 0.25) is 0 Å². The molecule has 0 radical (unpaired) electrons. The molecular weight excluding hydrogens is 406 g/mol. The van der Waals surface area contributed by atoms with E-state index in [9.17, 15) is 9.59 Å². The van der Waals surface area contributed by atoms with E-state index in [1.54, 1.807) is 11.3 Å². The monoisotopic (exact) mass is 437 g/mol. The molecule has 0 spiro atoms. The standard InChI is InChI=1S/C25H31N3O2S/c1-17-16-26(12-13-27(17)24(30)25(3,4)5)22(29)21-15-20-11-14-31-23(20)28(21)18(2)19-9-7-6-8-10-19/h6-11,14-15,17-18H,12-13,16H2,1-5H3/t17-,18+/m1/s1. The van der Waals surface area contributed by atoms with Gasteiger partial charge in [-0.05, 0) is 36.9 Å². The number of carbonyl (C=O) groups excluding carboxylic acids is 2. The summed E-state index contributed by atoms with van der Waals surface area (Å²) in [7, 11) is 0. The highest BCUT2D eigenvalue weighted by atomic mass is 32.1. The summed E-state index contributed by atoms with van der Waals surface area (Å²) < 4.78 is 2.18. The van der Waals surface area contributed by atoms with E-state index in [1.165, 1.54) is 5.56 Å². The lowest BCUT2D eigenvalue weighted by atomic mass is 9.93. The van der Waals surface area contributed by atoms with Gasteiger partial charge in [0.25, 0.3) is 5.91 Å². The highest BCUT2D eigenvalue weighted by Crippen LogP contribution is 2.32. The molecule has 0 aliphatic carbocycles. The van der Waals surface area contributed by atoms with Crippen LogP contribution in [0.15, 0.2) is 47.8 Å². The van der Waals surface area contributed by atoms with Crippen LogP contribution >= 0.6 is 11.3 Å². The van der Waals surface area contributed by atoms with E-state index in [2.05, 4.69) is 35.1 Å². The van der Waals surface area contributed by atoms with Crippen molar-refractivity contribution in [1.29, 1.82) is 0 Å². The zero-order valence-corrected chi connectivity index (χ0v) is 19.8. The van der Waals surface area contributed by atoms with Gasteiger partial charge < -0.3 is 14.4 Å². The molecule has 1 saturated heterocycles. The van der Waals surface area contributed by atoms with Gasteiger partial charge >= 0.3 is 0 Å². The third-order valence-electron chi connectivity index (χ3n) is 6.15. The van der Waals surface area contributed by atoms with E-state index in [0.717, 1.165) is 15.9 Å². The van der Waals surface area contributed by atoms with E-state index in [1.807, 2.05) is 61.8 Å². The summed E-state index contributed by atoms with van der Waals surface area (Å²) in [5.74, 6) is 0.189. The van der Waals surface area contributed by atoms with Crippen LogP contribution in [-0.4, -0.2) is 51.9 Å². The van der Waals surface area contributed by atoms with Gasteiger partial charge in [0, 0.05) is 36.5 Å². The van der Waals surface area contributed by atoms with Gasteiger partial charge in [-0.25, -0.2) is 0 Å². The van der Waals surface area contributed by atoms with Crippen LogP contribution in [0, 0.1) is 5.41 Å². The third-order valence-corrected chi connectivity index (χ3v) is 7.08. The first-order chi connectivity index (χ1) is 14.7. The van der Waals surface area contributed by atoms with Crippen molar-refractivity contribution in [1.82, 2.24) is 14.4 Å². The molecule has 0 unspecified atom stereocenters. The van der Waals surface area contributed by atoms with Gasteiger partial charge in [-0.1, -0.05) is 51.1 Å². The second-order valence-electron chi connectivity index (χ2n) is 9.52. The Morgan fingerprint density at radius 3 is 2.45 bits per heavy atom. The fraction of sp³-hybridized carbons (Fsp3) is 0.440. The van der Waals surface area contributed by atoms with Crippen molar-refractivity contribution < 1.29 is 9.59 Å². The second kappa shape index (κ2) is 8.15. The summed E-state index contributed by atoms with van der Waals surface area (Å²) in [6.45, 7) is 11.7. The fourth-order valence-corrected chi connectivity index (χ4v) is 5.39. The minimum Gasteiger partial charge on any atom is -0.336 e. The lowest BCUT2D eigenvalue weighted by Gasteiger charge is -2.42. The van der Waals surface area contributed by atoms with Crippen LogP contribution in [0.1, 0.15) is 56.7 Å². The molecule has 1 aliphatic heterocycles. The second-order valence-corrected chi connectivity index (χ2v) is 10.4. The van der Waals surface area contributed by atoms with E-state index in [-0.39, 0.29) is 23.9 Å². The number of piperazine rings is 1. The lowest BCUT2D eigenvalue weighted by Crippen LogP contribution is -2.57. The predicted octanol–water partition coefficient (Wildman–Crippen LogP) is 5.03. The smallest absolute Gasteiger partial charge is 0.270 e. The highest BCUT2D eigenvalue weighted by molar-refractivity contribution is 7.16. The van der Waals surface area contributed by atoms with Crippen LogP contribution in [0.3, 0.4) is 0 Å². The Hall–Kier alpha value is -2.60. The number of fused-ring (bicyclic) bond motifs is 1. The molecule has 4 rings (SSSR count). The number of thiophene rings is 1. The molecule has 0 N–H and O–H groups in total. The first-order valence-electron chi connectivity index (χ1n) is 10.9. The Labute approximate surface area is 188 Å². The quantitative estimate of drug-likeness (QED) is 0.577. The van der Waals surface area contributed by atoms with E-state index >= 15 is 0 Å². The summed E-state index contributed by atoms with van der Waals surface area (Å²) in [6, 6.07) is 14.5. The Balaban J connectivity index is 1.62. The van der Waals surface area contributed by atoms with Gasteiger partial charge in [-0.15, -0.1) is 11.3 Å². The van der Waals surface area contributed by atoms with Crippen LogP contribution in [0.5, 0.6) is 0 Å². The first kappa shape index (κ1) is 21.6. The average Bonchev–Trinajstić information content (AvgIpc) is 3.33. The lowest BCUT2D eigenvalue weighted by molar-refractivity contribution is -0.143. The molecule has 2 aromatic heterocycles. The Morgan fingerprint density at radius 1 is 1.10 bits per heavy atom. The van der Waals surface area contributed by atoms with Crippen LogP contribution in [-0.2, 0) is 4.79 Å². The van der Waals surface area contributed by atoms with Gasteiger partial charge in [0.15, 0.2) is 0 Å². The Morgan fingerprint density at radius 2 is 1.81 bits per heavy atom. The molecule has 164 valence electrons. The summed E-state index contributed by atoms with van der Waals surface area (Å²) in [4.78, 5) is 31.4. The van der Waals surface area contributed by atoms with Crippen LogP contribution in [0.4, 0.5) is 0 Å². The molecule has 1 aromatic carbocycles. The molecule has 6 heteroatoms. The van der Waals surface area contributed by atoms with Crippen molar-refractivity contribution in [3.63, 3.8) is 0 Å². The molecule has 0 saturated carbocycles. The molecule has 1 aliphatic rings. The summed E-state index contributed by atoms with van der Waals surface area (Å²) >= 11 is 1.67. The zero-order chi connectivity index (χ0) is 22.3. The van der Waals surface area contributed by atoms with Crippen molar-refractivity contribution >= 4 is 33.4 Å². The molecule has 0 bridgehead atoms. The predicted molar refractivity (Wildman–Crippen MR) is 127 cm³/mol. The molecule has 3 heterocycles. The first-order valence-corrected chi connectivity index (χ1v) is 11.8. The van der Waals surface area contributed by atoms with Crippen molar-refractivity contribution in [2.45, 2.75) is 46.7 Å². The largest absolute Gasteiger partial charge is 0.336 e. The van der Waals surface area contributed by atoms with Crippen molar-refractivity contribution in [2.75, 3.05) is 19.6 Å². The van der Waals surface area contributed by atoms with Crippen molar-refractivity contribution in [2.24, 2.45) is 5.41 Å². The number of aromatic nitrogens is 1. The topological polar surface area (TPSA) is 45.6 Å². The number of hydrogen-bond acceptors (Lipinski definition) is 3.